The molecule has 6 heterocycles. The van der Waals surface area contributed by atoms with Gasteiger partial charge in [0.15, 0.2) is 29.0 Å². The van der Waals surface area contributed by atoms with Crippen molar-refractivity contribution in [3.05, 3.63) is 173 Å². The van der Waals surface area contributed by atoms with Crippen molar-refractivity contribution in [3.63, 3.8) is 0 Å². The molecule has 6 aromatic heterocycles. The second-order valence-electron chi connectivity index (χ2n) is 18.6. The summed E-state index contributed by atoms with van der Waals surface area (Å²) in [4.78, 5) is 59.6. The third-order valence-corrected chi connectivity index (χ3v) is 13.2. The van der Waals surface area contributed by atoms with E-state index in [-0.39, 0.29) is 16.8 Å². The number of hydrogen-bond donors (Lipinski definition) is 0. The predicted octanol–water partition coefficient (Wildman–Crippen LogP) is 13.0. The third kappa shape index (κ3) is 8.18. The lowest BCUT2D eigenvalue weighted by atomic mass is 9.96. The molecule has 370 valence electrons. The van der Waals surface area contributed by atoms with Crippen LogP contribution in [-0.2, 0) is 6.18 Å². The average Bonchev–Trinajstić information content (AvgIpc) is 3.93. The van der Waals surface area contributed by atoms with Crippen molar-refractivity contribution in [3.8, 4) is 68.1 Å². The largest absolute Gasteiger partial charge is 0.416 e. The van der Waals surface area contributed by atoms with E-state index in [1.165, 1.54) is 12.1 Å². The Morgan fingerprint density at radius 1 is 0.368 bits per heavy atom. The van der Waals surface area contributed by atoms with Crippen molar-refractivity contribution < 1.29 is 13.2 Å². The van der Waals surface area contributed by atoms with Crippen molar-refractivity contribution in [2.24, 2.45) is 0 Å². The molecule has 0 fully saturated rings. The minimum Gasteiger partial charge on any atom is -0.308 e. The lowest BCUT2D eigenvalue weighted by Crippen LogP contribution is -2.08. The molecule has 0 spiro atoms. The number of aryl methyl sites for hydroxylation is 8. The molecular weight excluding hydrogens is 964 g/mol. The quantitative estimate of drug-likeness (QED) is 0.139. The van der Waals surface area contributed by atoms with Gasteiger partial charge in [-0.1, -0.05) is 66.7 Å². The molecule has 0 aliphatic heterocycles. The predicted molar refractivity (Wildman–Crippen MR) is 285 cm³/mol. The van der Waals surface area contributed by atoms with Crippen molar-refractivity contribution in [2.45, 2.75) is 61.6 Å². The first-order valence-corrected chi connectivity index (χ1v) is 24.2. The molecule has 12 aromatic rings. The normalized spacial score (nSPS) is 11.9. The Hall–Kier alpha value is -9.76. The summed E-state index contributed by atoms with van der Waals surface area (Å²) in [6.45, 7) is 23.2. The van der Waals surface area contributed by atoms with E-state index in [0.29, 0.717) is 126 Å². The first-order chi connectivity index (χ1) is 36.5. The van der Waals surface area contributed by atoms with Crippen LogP contribution in [0.3, 0.4) is 0 Å². The first kappa shape index (κ1) is 47.3. The maximum absolute atomic E-state index is 15.2. The molecule has 15 nitrogen and oxygen atoms in total. The molecule has 0 bridgehead atoms. The van der Waals surface area contributed by atoms with E-state index < -0.39 is 11.7 Å². The highest BCUT2D eigenvalue weighted by molar-refractivity contribution is 6.14. The molecular formula is C58H42F3N15. The van der Waals surface area contributed by atoms with E-state index in [0.717, 1.165) is 27.6 Å². The van der Waals surface area contributed by atoms with Crippen LogP contribution in [0.1, 0.15) is 52.2 Å². The Balaban J connectivity index is 1.28. The van der Waals surface area contributed by atoms with Crippen molar-refractivity contribution >= 4 is 49.3 Å². The third-order valence-electron chi connectivity index (χ3n) is 13.2. The highest BCUT2D eigenvalue weighted by Gasteiger charge is 2.35. The Labute approximate surface area is 432 Å². The number of aromatic nitrogens is 14. The molecule has 0 atom stereocenters. The first-order valence-electron chi connectivity index (χ1n) is 24.2. The van der Waals surface area contributed by atoms with E-state index >= 15 is 13.2 Å². The summed E-state index contributed by atoms with van der Waals surface area (Å²) in [7, 11) is 0. The summed E-state index contributed by atoms with van der Waals surface area (Å²) in [5, 5.41) is 3.32. The van der Waals surface area contributed by atoms with Gasteiger partial charge in [0.25, 0.3) is 0 Å². The zero-order valence-corrected chi connectivity index (χ0v) is 42.2. The molecule has 76 heavy (non-hydrogen) atoms. The van der Waals surface area contributed by atoms with Gasteiger partial charge in [0.1, 0.15) is 46.6 Å². The number of nitrogens with zero attached hydrogens (tertiary/aromatic N) is 15. The highest BCUT2D eigenvalue weighted by atomic mass is 19.4. The standard InChI is InChI=1S/C58H42F3N15/c1-28-63-29(2)68-54(67-28)36-14-18-41-42-19-15-37(55-69-30(3)64-31(4)70-55)23-49(42)75(48(41)22-36)52-26-45(40-12-10-11-13-46(40)58(59,60)61)47(62-9)27-53(52)76-50-24-38(56-71-32(5)65-33(6)72-56)16-20-43(50)44-21-17-39(25-51(44)76)57-73-34(7)66-35(8)74-57/h10-27H,1-8H3. The molecule has 12 rings (SSSR count). The van der Waals surface area contributed by atoms with Crippen molar-refractivity contribution in [2.75, 3.05) is 0 Å². The van der Waals surface area contributed by atoms with Crippen molar-refractivity contribution in [1.29, 1.82) is 0 Å². The fraction of sp³-hybridized carbons (Fsp3) is 0.155. The number of hydrogen-bond acceptors (Lipinski definition) is 12. The number of halogens is 3. The van der Waals surface area contributed by atoms with Crippen LogP contribution in [0.2, 0.25) is 0 Å². The monoisotopic (exact) mass is 1010 g/mol. The Bertz CT molecular complexity index is 4180. The van der Waals surface area contributed by atoms with Crippen LogP contribution in [0.15, 0.2) is 109 Å². The fourth-order valence-corrected chi connectivity index (χ4v) is 10.3. The molecule has 0 saturated carbocycles. The fourth-order valence-electron chi connectivity index (χ4n) is 10.3. The minimum atomic E-state index is -4.76. The molecule has 0 unspecified atom stereocenters. The molecule has 0 amide bonds. The van der Waals surface area contributed by atoms with E-state index in [2.05, 4.69) is 24.8 Å². The number of fused-ring (bicyclic) bond motifs is 6. The van der Waals surface area contributed by atoms with Crippen LogP contribution < -0.4 is 0 Å². The van der Waals surface area contributed by atoms with Gasteiger partial charge in [0.05, 0.1) is 45.6 Å². The van der Waals surface area contributed by atoms with Crippen LogP contribution in [0, 0.1) is 62.0 Å². The number of benzene rings is 6. The molecule has 0 radical (unpaired) electrons. The lowest BCUT2D eigenvalue weighted by Gasteiger charge is -2.21. The van der Waals surface area contributed by atoms with Gasteiger partial charge >= 0.3 is 6.18 Å². The van der Waals surface area contributed by atoms with Gasteiger partial charge in [-0.05, 0) is 109 Å². The summed E-state index contributed by atoms with van der Waals surface area (Å²) >= 11 is 0. The van der Waals surface area contributed by atoms with Gasteiger partial charge in [-0.2, -0.15) is 13.2 Å². The van der Waals surface area contributed by atoms with E-state index in [9.17, 15) is 0 Å². The van der Waals surface area contributed by atoms with Gasteiger partial charge in [0, 0.05) is 43.8 Å². The van der Waals surface area contributed by atoms with Gasteiger partial charge in [-0.25, -0.2) is 64.7 Å². The van der Waals surface area contributed by atoms with Crippen LogP contribution in [0.4, 0.5) is 18.9 Å². The second-order valence-corrected chi connectivity index (χ2v) is 18.6. The smallest absolute Gasteiger partial charge is 0.308 e. The van der Waals surface area contributed by atoms with Crippen LogP contribution in [0.25, 0.3) is 117 Å². The van der Waals surface area contributed by atoms with Gasteiger partial charge in [-0.15, -0.1) is 0 Å². The molecule has 0 aliphatic carbocycles. The Kier molecular flexibility index (Phi) is 11.0. The molecule has 18 heteroatoms. The Morgan fingerprint density at radius 3 is 0.974 bits per heavy atom. The van der Waals surface area contributed by atoms with Crippen LogP contribution in [0.5, 0.6) is 0 Å². The summed E-state index contributed by atoms with van der Waals surface area (Å²) in [5.74, 6) is 6.13. The van der Waals surface area contributed by atoms with Gasteiger partial charge < -0.3 is 9.13 Å². The second kappa shape index (κ2) is 17.7. The summed E-state index contributed by atoms with van der Waals surface area (Å²) in [5.41, 5.74) is 5.38. The van der Waals surface area contributed by atoms with Crippen LogP contribution in [-0.4, -0.2) is 68.9 Å². The topological polar surface area (TPSA) is 169 Å². The van der Waals surface area contributed by atoms with Crippen molar-refractivity contribution in [1.82, 2.24) is 68.9 Å². The van der Waals surface area contributed by atoms with Gasteiger partial charge in [0.2, 0.25) is 0 Å². The maximum Gasteiger partial charge on any atom is 0.416 e. The zero-order valence-electron chi connectivity index (χ0n) is 42.2. The van der Waals surface area contributed by atoms with E-state index in [1.807, 2.05) is 110 Å². The minimum absolute atomic E-state index is 0.0143. The summed E-state index contributed by atoms with van der Waals surface area (Å²) in [6.07, 6.45) is -4.76. The molecule has 0 saturated heterocycles. The number of alkyl halides is 3. The lowest BCUT2D eigenvalue weighted by molar-refractivity contribution is -0.137. The van der Waals surface area contributed by atoms with E-state index in [1.54, 1.807) is 45.9 Å². The molecule has 0 N–H and O–H groups in total. The van der Waals surface area contributed by atoms with E-state index in [4.69, 9.17) is 46.4 Å². The molecule has 0 aliphatic rings. The highest BCUT2D eigenvalue weighted by Crippen LogP contribution is 2.47. The SMILES string of the molecule is [C-]#[N+]c1cc(-n2c3cc(-c4nc(C)nc(C)n4)ccc3c3ccc(-c4nc(C)nc(C)n4)cc32)c(-n2c3cc(-c4nc(C)nc(C)n4)ccc3c3ccc(-c4nc(C)nc(C)n4)cc32)cc1-c1ccccc1C(F)(F)F. The summed E-state index contributed by atoms with van der Waals surface area (Å²) < 4.78 is 49.8. The average molecular weight is 1010 g/mol. The zero-order chi connectivity index (χ0) is 52.9. The van der Waals surface area contributed by atoms with Gasteiger partial charge in [-0.3, -0.25) is 0 Å². The Morgan fingerprint density at radius 2 is 0.671 bits per heavy atom. The van der Waals surface area contributed by atoms with Crippen LogP contribution >= 0.6 is 0 Å². The maximum atomic E-state index is 15.2. The molecule has 6 aromatic carbocycles. The summed E-state index contributed by atoms with van der Waals surface area (Å²) in [6, 6.07) is 32.5. The number of rotatable bonds is 7.